The quantitative estimate of drug-likeness (QED) is 0.268. The minimum absolute atomic E-state index is 0.0149. The van der Waals surface area contributed by atoms with Gasteiger partial charge in [-0.25, -0.2) is 4.79 Å². The lowest BCUT2D eigenvalue weighted by Gasteiger charge is -2.47. The predicted molar refractivity (Wildman–Crippen MR) is 178 cm³/mol. The van der Waals surface area contributed by atoms with Gasteiger partial charge >= 0.3 is 5.97 Å². The van der Waals surface area contributed by atoms with E-state index in [0.717, 1.165) is 55.4 Å². The average Bonchev–Trinajstić information content (AvgIpc) is 3.19. The standard InChI is InChI=1S/C38H54N2O4/c1-25(2)43-31-17-15-28(16-18-31)33-34(41)40(38(39-33)23-19-30(20-24-38)37(8,9)10)32(21-22-36(5,6)7)27-11-13-29(14-12-27)35(42)44-26(3)4/h11-18,25-26,30,32H,19-24H2,1-10H3/t30?,32-,38?/m1/s1. The van der Waals surface area contributed by atoms with Crippen molar-refractivity contribution in [1.82, 2.24) is 4.90 Å². The minimum atomic E-state index is -0.598. The van der Waals surface area contributed by atoms with E-state index < -0.39 is 5.66 Å². The van der Waals surface area contributed by atoms with E-state index in [1.807, 2.05) is 76.2 Å². The van der Waals surface area contributed by atoms with Gasteiger partial charge in [0, 0.05) is 5.56 Å². The van der Waals surface area contributed by atoms with Crippen LogP contribution >= 0.6 is 0 Å². The van der Waals surface area contributed by atoms with E-state index in [2.05, 4.69) is 46.4 Å². The fraction of sp³-hybridized carbons (Fsp3) is 0.605. The van der Waals surface area contributed by atoms with E-state index in [9.17, 15) is 9.59 Å². The maximum Gasteiger partial charge on any atom is 0.338 e. The van der Waals surface area contributed by atoms with Crippen LogP contribution in [0, 0.1) is 16.7 Å². The summed E-state index contributed by atoms with van der Waals surface area (Å²) in [6.07, 6.45) is 5.36. The maximum absolute atomic E-state index is 14.6. The first-order chi connectivity index (χ1) is 20.5. The number of carbonyl (C=O) groups is 2. The van der Waals surface area contributed by atoms with Gasteiger partial charge < -0.3 is 14.4 Å². The molecule has 1 saturated carbocycles. The number of carbonyl (C=O) groups excluding carboxylic acids is 2. The minimum Gasteiger partial charge on any atom is -0.491 e. The molecular weight excluding hydrogens is 548 g/mol. The molecule has 1 amide bonds. The number of esters is 1. The number of hydrogen-bond donors (Lipinski definition) is 0. The van der Waals surface area contributed by atoms with Crippen LogP contribution < -0.4 is 4.74 Å². The van der Waals surface area contributed by atoms with Crippen molar-refractivity contribution < 1.29 is 19.1 Å². The molecule has 240 valence electrons. The second-order valence-corrected chi connectivity index (χ2v) is 15.6. The molecule has 2 aromatic carbocycles. The Kier molecular flexibility index (Phi) is 10.0. The summed E-state index contributed by atoms with van der Waals surface area (Å²) in [4.78, 5) is 34.8. The lowest BCUT2D eigenvalue weighted by atomic mass is 9.69. The summed E-state index contributed by atoms with van der Waals surface area (Å²) in [5, 5.41) is 0. The number of nitrogens with zero attached hydrogens (tertiary/aromatic N) is 2. The fourth-order valence-corrected chi connectivity index (χ4v) is 6.63. The van der Waals surface area contributed by atoms with Gasteiger partial charge in [-0.2, -0.15) is 0 Å². The Labute approximate surface area is 265 Å². The molecule has 1 aliphatic heterocycles. The molecule has 44 heavy (non-hydrogen) atoms. The zero-order valence-corrected chi connectivity index (χ0v) is 28.7. The SMILES string of the molecule is CC(C)OC(=O)c1ccc([C@@H](CCC(C)(C)C)N2C(=O)C(c3ccc(OC(C)C)cc3)=NC23CCC(C(C)(C)C)CC3)cc1. The van der Waals surface area contributed by atoms with Crippen molar-refractivity contribution in [1.29, 1.82) is 0 Å². The van der Waals surface area contributed by atoms with Gasteiger partial charge in [-0.05, 0) is 125 Å². The van der Waals surface area contributed by atoms with Gasteiger partial charge in [0.2, 0.25) is 0 Å². The molecule has 1 spiro atoms. The highest BCUT2D eigenvalue weighted by molar-refractivity contribution is 6.46. The molecule has 1 heterocycles. The molecule has 0 radical (unpaired) electrons. The van der Waals surface area contributed by atoms with Gasteiger partial charge in [0.1, 0.15) is 17.1 Å². The highest BCUT2D eigenvalue weighted by atomic mass is 16.5. The molecule has 1 fully saturated rings. The van der Waals surface area contributed by atoms with Crippen LogP contribution in [-0.2, 0) is 9.53 Å². The third-order valence-corrected chi connectivity index (χ3v) is 9.05. The van der Waals surface area contributed by atoms with Gasteiger partial charge in [-0.15, -0.1) is 0 Å². The number of benzene rings is 2. The van der Waals surface area contributed by atoms with Gasteiger partial charge in [-0.3, -0.25) is 9.79 Å². The third-order valence-electron chi connectivity index (χ3n) is 9.05. The largest absolute Gasteiger partial charge is 0.491 e. The van der Waals surface area contributed by atoms with Gasteiger partial charge in [0.15, 0.2) is 0 Å². The van der Waals surface area contributed by atoms with Crippen molar-refractivity contribution in [3.8, 4) is 5.75 Å². The Bertz CT molecular complexity index is 1320. The molecule has 6 nitrogen and oxygen atoms in total. The van der Waals surface area contributed by atoms with Crippen LogP contribution in [0.4, 0.5) is 0 Å². The number of ether oxygens (including phenoxy) is 2. The maximum atomic E-state index is 14.6. The van der Waals surface area contributed by atoms with E-state index in [-0.39, 0.29) is 41.0 Å². The molecule has 6 heteroatoms. The Balaban J connectivity index is 1.76. The van der Waals surface area contributed by atoms with Crippen molar-refractivity contribution >= 4 is 17.6 Å². The lowest BCUT2D eigenvalue weighted by molar-refractivity contribution is -0.134. The average molecular weight is 603 g/mol. The lowest BCUT2D eigenvalue weighted by Crippen LogP contribution is -2.51. The van der Waals surface area contributed by atoms with E-state index in [4.69, 9.17) is 14.5 Å². The van der Waals surface area contributed by atoms with Gasteiger partial charge in [-0.1, -0.05) is 53.7 Å². The van der Waals surface area contributed by atoms with Crippen LogP contribution in [0.5, 0.6) is 5.75 Å². The third kappa shape index (κ3) is 7.92. The summed E-state index contributed by atoms with van der Waals surface area (Å²) < 4.78 is 11.3. The second-order valence-electron chi connectivity index (χ2n) is 15.6. The molecule has 2 aliphatic rings. The fourth-order valence-electron chi connectivity index (χ4n) is 6.63. The van der Waals surface area contributed by atoms with Crippen molar-refractivity contribution in [3.63, 3.8) is 0 Å². The van der Waals surface area contributed by atoms with Crippen molar-refractivity contribution in [3.05, 3.63) is 65.2 Å². The van der Waals surface area contributed by atoms with Crippen molar-refractivity contribution in [2.75, 3.05) is 0 Å². The van der Waals surface area contributed by atoms with Crippen LogP contribution in [0.2, 0.25) is 0 Å². The highest BCUT2D eigenvalue weighted by Crippen LogP contribution is 2.50. The number of hydrogen-bond acceptors (Lipinski definition) is 5. The van der Waals surface area contributed by atoms with Crippen LogP contribution in [0.1, 0.15) is 135 Å². The molecule has 1 aliphatic carbocycles. The molecule has 1 atom stereocenters. The smallest absolute Gasteiger partial charge is 0.338 e. The van der Waals surface area contributed by atoms with Crippen LogP contribution in [0.15, 0.2) is 53.5 Å². The van der Waals surface area contributed by atoms with Crippen LogP contribution in [-0.4, -0.2) is 40.4 Å². The molecule has 0 aromatic heterocycles. The molecular formula is C38H54N2O4. The van der Waals surface area contributed by atoms with Gasteiger partial charge in [0.25, 0.3) is 5.91 Å². The molecule has 0 saturated heterocycles. The molecule has 4 rings (SSSR count). The Morgan fingerprint density at radius 2 is 1.50 bits per heavy atom. The molecule has 0 N–H and O–H groups in total. The first-order valence-corrected chi connectivity index (χ1v) is 16.5. The molecule has 0 unspecified atom stereocenters. The second kappa shape index (κ2) is 13.1. The summed E-state index contributed by atoms with van der Waals surface area (Å²) >= 11 is 0. The van der Waals surface area contributed by atoms with E-state index >= 15 is 0 Å². The van der Waals surface area contributed by atoms with E-state index in [0.29, 0.717) is 17.2 Å². The summed E-state index contributed by atoms with van der Waals surface area (Å²) in [7, 11) is 0. The topological polar surface area (TPSA) is 68.2 Å². The van der Waals surface area contributed by atoms with Gasteiger partial charge in [0.05, 0.1) is 23.8 Å². The summed E-state index contributed by atoms with van der Waals surface area (Å²) in [5.74, 6) is 1.02. The summed E-state index contributed by atoms with van der Waals surface area (Å²) in [6, 6.07) is 15.3. The summed E-state index contributed by atoms with van der Waals surface area (Å²) in [6.45, 7) is 21.4. The first kappa shape index (κ1) is 33.7. The normalized spacial score (nSPS) is 21.6. The van der Waals surface area contributed by atoms with E-state index in [1.165, 1.54) is 0 Å². The van der Waals surface area contributed by atoms with Crippen molar-refractivity contribution in [2.24, 2.45) is 21.7 Å². The Morgan fingerprint density at radius 3 is 2.00 bits per heavy atom. The molecule has 0 bridgehead atoms. The highest BCUT2D eigenvalue weighted by Gasteiger charge is 2.52. The first-order valence-electron chi connectivity index (χ1n) is 16.5. The zero-order chi connectivity index (χ0) is 32.4. The van der Waals surface area contributed by atoms with Crippen LogP contribution in [0.3, 0.4) is 0 Å². The summed E-state index contributed by atoms with van der Waals surface area (Å²) in [5.41, 5.74) is 2.61. The number of aliphatic imine (C=N–C) groups is 1. The zero-order valence-electron chi connectivity index (χ0n) is 28.7. The molecule has 2 aromatic rings. The number of amides is 1. The Hall–Kier alpha value is -3.15. The number of rotatable bonds is 9. The van der Waals surface area contributed by atoms with Crippen molar-refractivity contribution in [2.45, 2.75) is 132 Å². The predicted octanol–water partition coefficient (Wildman–Crippen LogP) is 9.17. The Morgan fingerprint density at radius 1 is 0.909 bits per heavy atom. The van der Waals surface area contributed by atoms with Crippen LogP contribution in [0.25, 0.3) is 0 Å². The van der Waals surface area contributed by atoms with E-state index in [1.54, 1.807) is 0 Å². The monoisotopic (exact) mass is 602 g/mol.